The Morgan fingerprint density at radius 1 is 1.11 bits per heavy atom. The molecule has 1 aromatic heterocycles. The number of aromatic nitrogens is 2. The van der Waals surface area contributed by atoms with E-state index in [1.165, 1.54) is 0 Å². The van der Waals surface area contributed by atoms with Crippen molar-refractivity contribution >= 4 is 28.9 Å². The molecule has 2 rings (SSSR count). The van der Waals surface area contributed by atoms with E-state index in [2.05, 4.69) is 9.97 Å². The number of hydrogen-bond acceptors (Lipinski definition) is 4. The standard InChI is InChI=1S/C11H7Cl2N3O2/c12-10-9(16(17)18)11(13)15-8(14-10)6-7-4-2-1-3-5-7/h1-5H,6H2. The Balaban J connectivity index is 2.34. The van der Waals surface area contributed by atoms with E-state index in [1.807, 2.05) is 30.3 Å². The van der Waals surface area contributed by atoms with Crippen LogP contribution in [-0.4, -0.2) is 14.9 Å². The molecule has 18 heavy (non-hydrogen) atoms. The summed E-state index contributed by atoms with van der Waals surface area (Å²) in [4.78, 5) is 17.7. The number of nitrogens with zero attached hydrogens (tertiary/aromatic N) is 3. The van der Waals surface area contributed by atoms with E-state index in [9.17, 15) is 10.1 Å². The molecule has 0 spiro atoms. The number of nitro groups is 1. The van der Waals surface area contributed by atoms with Gasteiger partial charge in [0.15, 0.2) is 0 Å². The molecule has 0 aliphatic carbocycles. The maximum atomic E-state index is 10.7. The molecule has 0 unspecified atom stereocenters. The van der Waals surface area contributed by atoms with Gasteiger partial charge in [-0.2, -0.15) is 0 Å². The quantitative estimate of drug-likeness (QED) is 0.492. The Kier molecular flexibility index (Phi) is 3.74. The Morgan fingerprint density at radius 3 is 2.17 bits per heavy atom. The zero-order valence-corrected chi connectivity index (χ0v) is 10.5. The first kappa shape index (κ1) is 12.7. The van der Waals surface area contributed by atoms with Gasteiger partial charge in [0, 0.05) is 6.42 Å². The van der Waals surface area contributed by atoms with E-state index in [4.69, 9.17) is 23.2 Å². The Morgan fingerprint density at radius 2 is 1.67 bits per heavy atom. The third-order valence-corrected chi connectivity index (χ3v) is 2.76. The monoisotopic (exact) mass is 283 g/mol. The molecule has 5 nitrogen and oxygen atoms in total. The molecular weight excluding hydrogens is 277 g/mol. The van der Waals surface area contributed by atoms with Gasteiger partial charge < -0.3 is 0 Å². The highest BCUT2D eigenvalue weighted by atomic mass is 35.5. The number of benzene rings is 1. The van der Waals surface area contributed by atoms with Gasteiger partial charge in [-0.1, -0.05) is 53.5 Å². The van der Waals surface area contributed by atoms with Gasteiger partial charge in [0.2, 0.25) is 10.3 Å². The lowest BCUT2D eigenvalue weighted by molar-refractivity contribution is -0.385. The lowest BCUT2D eigenvalue weighted by Gasteiger charge is -2.02. The molecule has 0 aliphatic rings. The highest BCUT2D eigenvalue weighted by molar-refractivity contribution is 6.36. The Labute approximate surface area is 113 Å². The maximum Gasteiger partial charge on any atom is 0.343 e. The highest BCUT2D eigenvalue weighted by Gasteiger charge is 2.22. The van der Waals surface area contributed by atoms with Crippen LogP contribution >= 0.6 is 23.2 Å². The third-order valence-electron chi connectivity index (χ3n) is 2.23. The Bertz CT molecular complexity index is 567. The van der Waals surface area contributed by atoms with Crippen molar-refractivity contribution in [2.24, 2.45) is 0 Å². The summed E-state index contributed by atoms with van der Waals surface area (Å²) in [7, 11) is 0. The zero-order valence-electron chi connectivity index (χ0n) is 9.01. The van der Waals surface area contributed by atoms with Crippen LogP contribution in [0.2, 0.25) is 10.3 Å². The summed E-state index contributed by atoms with van der Waals surface area (Å²) < 4.78 is 0. The normalized spacial score (nSPS) is 10.3. The van der Waals surface area contributed by atoms with Crippen LogP contribution in [0.5, 0.6) is 0 Å². The molecule has 0 N–H and O–H groups in total. The van der Waals surface area contributed by atoms with Crippen molar-refractivity contribution in [1.29, 1.82) is 0 Å². The molecule has 0 fully saturated rings. The van der Waals surface area contributed by atoms with Crippen molar-refractivity contribution in [2.45, 2.75) is 6.42 Å². The van der Waals surface area contributed by atoms with E-state index in [-0.39, 0.29) is 10.3 Å². The van der Waals surface area contributed by atoms with Gasteiger partial charge in [-0.3, -0.25) is 10.1 Å². The fourth-order valence-electron chi connectivity index (χ4n) is 1.45. The van der Waals surface area contributed by atoms with Gasteiger partial charge in [0.25, 0.3) is 0 Å². The lowest BCUT2D eigenvalue weighted by atomic mass is 10.1. The minimum atomic E-state index is -0.697. The molecule has 0 saturated carbocycles. The van der Waals surface area contributed by atoms with E-state index in [0.717, 1.165) is 5.56 Å². The number of rotatable bonds is 3. The Hall–Kier alpha value is -1.72. The van der Waals surface area contributed by atoms with Gasteiger partial charge in [0.05, 0.1) is 4.92 Å². The third kappa shape index (κ3) is 2.75. The van der Waals surface area contributed by atoms with Crippen molar-refractivity contribution in [3.05, 3.63) is 62.1 Å². The van der Waals surface area contributed by atoms with Crippen LogP contribution in [0, 0.1) is 10.1 Å². The number of halogens is 2. The minimum Gasteiger partial charge on any atom is -0.258 e. The van der Waals surface area contributed by atoms with Gasteiger partial charge in [-0.05, 0) is 5.56 Å². The van der Waals surface area contributed by atoms with Crippen molar-refractivity contribution < 1.29 is 4.92 Å². The van der Waals surface area contributed by atoms with Gasteiger partial charge in [-0.15, -0.1) is 0 Å². The average molecular weight is 284 g/mol. The molecule has 2 aromatic rings. The van der Waals surface area contributed by atoms with Crippen molar-refractivity contribution in [2.75, 3.05) is 0 Å². The van der Waals surface area contributed by atoms with Crippen LogP contribution in [0.25, 0.3) is 0 Å². The summed E-state index contributed by atoms with van der Waals surface area (Å²) in [6.45, 7) is 0. The van der Waals surface area contributed by atoms with Crippen LogP contribution in [0.4, 0.5) is 5.69 Å². The highest BCUT2D eigenvalue weighted by Crippen LogP contribution is 2.29. The second kappa shape index (κ2) is 5.29. The van der Waals surface area contributed by atoms with Crippen LogP contribution in [0.1, 0.15) is 11.4 Å². The molecular formula is C11H7Cl2N3O2. The SMILES string of the molecule is O=[N+]([O-])c1c(Cl)nc(Cc2ccccc2)nc1Cl. The molecule has 0 aliphatic heterocycles. The van der Waals surface area contributed by atoms with Crippen molar-refractivity contribution in [1.82, 2.24) is 9.97 Å². The average Bonchev–Trinajstić information content (AvgIpc) is 2.28. The smallest absolute Gasteiger partial charge is 0.258 e. The summed E-state index contributed by atoms with van der Waals surface area (Å²) in [6.07, 6.45) is 0.415. The topological polar surface area (TPSA) is 68.9 Å². The van der Waals surface area contributed by atoms with E-state index in [1.54, 1.807) is 0 Å². The van der Waals surface area contributed by atoms with Crippen LogP contribution < -0.4 is 0 Å². The molecule has 0 radical (unpaired) electrons. The minimum absolute atomic E-state index is 0.245. The first-order chi connectivity index (χ1) is 8.58. The second-order valence-electron chi connectivity index (χ2n) is 3.49. The molecule has 1 aromatic carbocycles. The largest absolute Gasteiger partial charge is 0.343 e. The second-order valence-corrected chi connectivity index (χ2v) is 4.21. The van der Waals surface area contributed by atoms with Gasteiger partial charge in [0.1, 0.15) is 5.82 Å². The van der Waals surface area contributed by atoms with Crippen LogP contribution in [0.15, 0.2) is 30.3 Å². The van der Waals surface area contributed by atoms with E-state index in [0.29, 0.717) is 12.2 Å². The molecule has 7 heteroatoms. The lowest BCUT2D eigenvalue weighted by Crippen LogP contribution is -2.01. The number of hydrogen-bond donors (Lipinski definition) is 0. The van der Waals surface area contributed by atoms with Gasteiger partial charge >= 0.3 is 5.69 Å². The maximum absolute atomic E-state index is 10.7. The molecule has 0 atom stereocenters. The summed E-state index contributed by atoms with van der Waals surface area (Å²) in [6, 6.07) is 9.44. The molecule has 1 heterocycles. The molecule has 92 valence electrons. The fourth-order valence-corrected chi connectivity index (χ4v) is 2.01. The summed E-state index contributed by atoms with van der Waals surface area (Å²) in [5, 5.41) is 10.2. The first-order valence-corrected chi connectivity index (χ1v) is 5.73. The predicted molar refractivity (Wildman–Crippen MR) is 68.0 cm³/mol. The zero-order chi connectivity index (χ0) is 13.1. The summed E-state index contributed by atoms with van der Waals surface area (Å²) in [5.74, 6) is 0.349. The van der Waals surface area contributed by atoms with Crippen molar-refractivity contribution in [3.63, 3.8) is 0 Å². The fraction of sp³-hybridized carbons (Fsp3) is 0.0909. The predicted octanol–water partition coefficient (Wildman–Crippen LogP) is 3.28. The van der Waals surface area contributed by atoms with E-state index >= 15 is 0 Å². The van der Waals surface area contributed by atoms with Crippen LogP contribution in [0.3, 0.4) is 0 Å². The van der Waals surface area contributed by atoms with E-state index < -0.39 is 10.6 Å². The van der Waals surface area contributed by atoms with Gasteiger partial charge in [-0.25, -0.2) is 9.97 Å². The van der Waals surface area contributed by atoms with Crippen molar-refractivity contribution in [3.8, 4) is 0 Å². The summed E-state index contributed by atoms with van der Waals surface area (Å²) in [5.41, 5.74) is 0.508. The molecule has 0 saturated heterocycles. The first-order valence-electron chi connectivity index (χ1n) is 4.98. The molecule has 0 bridgehead atoms. The molecule has 0 amide bonds. The summed E-state index contributed by atoms with van der Waals surface area (Å²) >= 11 is 11.4. The van der Waals surface area contributed by atoms with Crippen LogP contribution in [-0.2, 0) is 6.42 Å².